The van der Waals surface area contributed by atoms with Crippen LogP contribution in [0.25, 0.3) is 0 Å². The maximum atomic E-state index is 11.4. The zero-order chi connectivity index (χ0) is 18.0. The van der Waals surface area contributed by atoms with Gasteiger partial charge in [0.25, 0.3) is 0 Å². The first-order valence-electron chi connectivity index (χ1n) is 8.34. The lowest BCUT2D eigenvalue weighted by Gasteiger charge is -2.30. The maximum Gasteiger partial charge on any atom is 0.353 e. The molecule has 0 bridgehead atoms. The number of rotatable bonds is 4. The third kappa shape index (κ3) is 3.78. The Morgan fingerprint density at radius 1 is 1.32 bits per heavy atom. The monoisotopic (exact) mass is 342 g/mol. The smallest absolute Gasteiger partial charge is 0.353 e. The lowest BCUT2D eigenvalue weighted by atomic mass is 10.00. The molecular formula is C17H22N6O2. The average Bonchev–Trinajstić information content (AvgIpc) is 2.54. The first-order valence-corrected chi connectivity index (χ1v) is 8.34. The van der Waals surface area contributed by atoms with E-state index in [-0.39, 0.29) is 17.3 Å². The fourth-order valence-electron chi connectivity index (χ4n) is 2.94. The van der Waals surface area contributed by atoms with Crippen LogP contribution in [0.3, 0.4) is 0 Å². The quantitative estimate of drug-likeness (QED) is 0.648. The van der Waals surface area contributed by atoms with Crippen LogP contribution in [0.5, 0.6) is 0 Å². The number of nitrogens with zero attached hydrogens (tertiary/aromatic N) is 4. The molecule has 1 aliphatic rings. The molecule has 1 fully saturated rings. The van der Waals surface area contributed by atoms with Gasteiger partial charge in [-0.05, 0) is 43.4 Å². The van der Waals surface area contributed by atoms with Gasteiger partial charge in [-0.2, -0.15) is 9.97 Å². The fourth-order valence-corrected chi connectivity index (χ4v) is 2.94. The molecule has 25 heavy (non-hydrogen) atoms. The summed E-state index contributed by atoms with van der Waals surface area (Å²) in [4.78, 5) is 21.5. The second-order valence-electron chi connectivity index (χ2n) is 6.53. The van der Waals surface area contributed by atoms with Crippen LogP contribution in [0.1, 0.15) is 25.3 Å². The number of aryl methyl sites for hydroxylation is 1. The Morgan fingerprint density at radius 2 is 2.04 bits per heavy atom. The predicted molar refractivity (Wildman–Crippen MR) is 98.2 cm³/mol. The highest BCUT2D eigenvalue weighted by Gasteiger charge is 2.26. The van der Waals surface area contributed by atoms with Crippen LogP contribution in [-0.2, 0) is 0 Å². The number of nitrogens with one attached hydrogen (secondary N) is 1. The highest BCUT2D eigenvalue weighted by atomic mass is 16.6. The topological polar surface area (TPSA) is 110 Å². The molecule has 0 unspecified atom stereocenters. The highest BCUT2D eigenvalue weighted by Crippen LogP contribution is 2.33. The second-order valence-corrected chi connectivity index (χ2v) is 6.53. The van der Waals surface area contributed by atoms with Gasteiger partial charge < -0.3 is 16.0 Å². The van der Waals surface area contributed by atoms with Crippen molar-refractivity contribution >= 4 is 29.0 Å². The van der Waals surface area contributed by atoms with Crippen molar-refractivity contribution < 1.29 is 4.92 Å². The van der Waals surface area contributed by atoms with E-state index < -0.39 is 4.92 Å². The van der Waals surface area contributed by atoms with Crippen molar-refractivity contribution in [3.05, 3.63) is 39.9 Å². The Bertz CT molecular complexity index is 787. The molecule has 3 N–H and O–H groups in total. The molecule has 2 heterocycles. The number of nitrogens with two attached hydrogens (primary N) is 1. The molecule has 1 aromatic heterocycles. The van der Waals surface area contributed by atoms with Gasteiger partial charge >= 0.3 is 5.69 Å². The third-order valence-electron chi connectivity index (χ3n) is 4.43. The third-order valence-corrected chi connectivity index (χ3v) is 4.43. The van der Waals surface area contributed by atoms with Crippen LogP contribution in [0.15, 0.2) is 24.3 Å². The number of piperidine rings is 1. The molecule has 3 rings (SSSR count). The molecule has 8 heteroatoms. The van der Waals surface area contributed by atoms with Crippen LogP contribution in [-0.4, -0.2) is 28.0 Å². The number of aromatic nitrogens is 2. The number of benzene rings is 1. The van der Waals surface area contributed by atoms with Crippen LogP contribution in [0, 0.1) is 23.0 Å². The molecule has 132 valence electrons. The summed E-state index contributed by atoms with van der Waals surface area (Å²) in [5.74, 6) is 1.10. The Kier molecular flexibility index (Phi) is 4.69. The van der Waals surface area contributed by atoms with Crippen molar-refractivity contribution in [3.63, 3.8) is 0 Å². The van der Waals surface area contributed by atoms with Crippen LogP contribution in [0.2, 0.25) is 0 Å². The van der Waals surface area contributed by atoms with E-state index in [1.807, 2.05) is 36.1 Å². The first kappa shape index (κ1) is 16.9. The van der Waals surface area contributed by atoms with Gasteiger partial charge in [0.1, 0.15) is 0 Å². The van der Waals surface area contributed by atoms with Gasteiger partial charge in [0.05, 0.1) is 4.92 Å². The fraction of sp³-hybridized carbons (Fsp3) is 0.412. The molecule has 0 atom stereocenters. The zero-order valence-corrected chi connectivity index (χ0v) is 14.4. The summed E-state index contributed by atoms with van der Waals surface area (Å²) in [6.07, 6.45) is 2.09. The molecule has 0 spiro atoms. The van der Waals surface area contributed by atoms with Crippen molar-refractivity contribution in [2.45, 2.75) is 26.7 Å². The molecule has 0 aliphatic carbocycles. The standard InChI is InChI=1S/C17H22N6O2/c1-11-6-8-22(9-7-11)17-20-15(18)14(23(24)25)16(21-17)19-13-5-3-4-12(2)10-13/h3-5,10-11H,6-9H2,1-2H3,(H3,18,19,20,21). The first-order chi connectivity index (χ1) is 11.9. The SMILES string of the molecule is Cc1cccc(Nc2nc(N3CCC(C)CC3)nc(N)c2[N+](=O)[O-])c1. The van der Waals surface area contributed by atoms with E-state index in [0.29, 0.717) is 11.9 Å². The van der Waals surface area contributed by atoms with Gasteiger partial charge in [-0.25, -0.2) is 0 Å². The zero-order valence-electron chi connectivity index (χ0n) is 14.4. The van der Waals surface area contributed by atoms with Gasteiger partial charge in [-0.1, -0.05) is 19.1 Å². The van der Waals surface area contributed by atoms with Gasteiger partial charge in [0.15, 0.2) is 0 Å². The summed E-state index contributed by atoms with van der Waals surface area (Å²) >= 11 is 0. The van der Waals surface area contributed by atoms with Gasteiger partial charge in [-0.3, -0.25) is 10.1 Å². The number of anilines is 4. The van der Waals surface area contributed by atoms with E-state index in [2.05, 4.69) is 22.2 Å². The molecule has 1 aliphatic heterocycles. The summed E-state index contributed by atoms with van der Waals surface area (Å²) in [5.41, 5.74) is 7.35. The van der Waals surface area contributed by atoms with E-state index in [4.69, 9.17) is 5.73 Å². The number of nitrogen functional groups attached to an aromatic ring is 1. The van der Waals surface area contributed by atoms with E-state index in [0.717, 1.165) is 37.2 Å². The van der Waals surface area contributed by atoms with Crippen molar-refractivity contribution in [3.8, 4) is 0 Å². The lowest BCUT2D eigenvalue weighted by molar-refractivity contribution is -0.383. The number of hydrogen-bond donors (Lipinski definition) is 2. The normalized spacial score (nSPS) is 15.2. The molecule has 0 radical (unpaired) electrons. The number of nitro groups is 1. The van der Waals surface area contributed by atoms with E-state index in [1.165, 1.54) is 0 Å². The van der Waals surface area contributed by atoms with Crippen molar-refractivity contribution in [2.24, 2.45) is 5.92 Å². The Labute approximate surface area is 146 Å². The molecular weight excluding hydrogens is 320 g/mol. The van der Waals surface area contributed by atoms with Crippen molar-refractivity contribution in [1.82, 2.24) is 9.97 Å². The van der Waals surface area contributed by atoms with E-state index >= 15 is 0 Å². The van der Waals surface area contributed by atoms with E-state index in [1.54, 1.807) is 0 Å². The summed E-state index contributed by atoms with van der Waals surface area (Å²) < 4.78 is 0. The Balaban J connectivity index is 1.97. The molecule has 0 saturated carbocycles. The number of hydrogen-bond acceptors (Lipinski definition) is 7. The summed E-state index contributed by atoms with van der Waals surface area (Å²) in [6.45, 7) is 5.81. The summed E-state index contributed by atoms with van der Waals surface area (Å²) in [6, 6.07) is 7.55. The molecule has 8 nitrogen and oxygen atoms in total. The van der Waals surface area contributed by atoms with Gasteiger partial charge in [-0.15, -0.1) is 0 Å². The minimum absolute atomic E-state index is 0.122. The van der Waals surface area contributed by atoms with E-state index in [9.17, 15) is 10.1 Å². The Hall–Kier alpha value is -2.90. The Morgan fingerprint density at radius 3 is 2.68 bits per heavy atom. The van der Waals surface area contributed by atoms with Gasteiger partial charge in [0.2, 0.25) is 17.6 Å². The molecule has 2 aromatic rings. The van der Waals surface area contributed by atoms with Gasteiger partial charge in [0, 0.05) is 18.8 Å². The van der Waals surface area contributed by atoms with Crippen LogP contribution < -0.4 is 16.0 Å². The average molecular weight is 342 g/mol. The second kappa shape index (κ2) is 6.92. The van der Waals surface area contributed by atoms with Crippen molar-refractivity contribution in [2.75, 3.05) is 29.0 Å². The predicted octanol–water partition coefficient (Wildman–Crippen LogP) is 3.26. The maximum absolute atomic E-state index is 11.4. The summed E-state index contributed by atoms with van der Waals surface area (Å²) in [7, 11) is 0. The van der Waals surface area contributed by atoms with Crippen molar-refractivity contribution in [1.29, 1.82) is 0 Å². The molecule has 1 saturated heterocycles. The highest BCUT2D eigenvalue weighted by molar-refractivity contribution is 5.74. The minimum Gasteiger partial charge on any atom is -0.378 e. The minimum atomic E-state index is -0.546. The van der Waals surface area contributed by atoms with Crippen LogP contribution in [0.4, 0.5) is 29.0 Å². The largest absolute Gasteiger partial charge is 0.378 e. The lowest BCUT2D eigenvalue weighted by Crippen LogP contribution is -2.34. The summed E-state index contributed by atoms with van der Waals surface area (Å²) in [5, 5.41) is 14.4. The molecule has 0 amide bonds. The molecule has 1 aromatic carbocycles. The van der Waals surface area contributed by atoms with Crippen LogP contribution >= 0.6 is 0 Å².